The van der Waals surface area contributed by atoms with Crippen LogP contribution in [0.25, 0.3) is 0 Å². The fourth-order valence-corrected chi connectivity index (χ4v) is 9.15. The molecule has 2 aliphatic rings. The highest BCUT2D eigenvalue weighted by Crippen LogP contribution is 2.47. The van der Waals surface area contributed by atoms with Crippen molar-refractivity contribution >= 4 is 0 Å². The van der Waals surface area contributed by atoms with Gasteiger partial charge in [0.05, 0.1) is 53.4 Å². The normalized spacial score (nSPS) is 27.4. The molecule has 6 atom stereocenters. The number of hydrogen-bond donors (Lipinski definition) is 0. The molecule has 2 aliphatic carbocycles. The van der Waals surface area contributed by atoms with Gasteiger partial charge in [-0.05, 0) is 113 Å². The molecule has 0 aromatic heterocycles. The predicted octanol–water partition coefficient (Wildman–Crippen LogP) is 4.75. The van der Waals surface area contributed by atoms with Gasteiger partial charge in [0.2, 0.25) is 0 Å². The van der Waals surface area contributed by atoms with Crippen molar-refractivity contribution in [2.75, 3.05) is 41.3 Å². The fraction of sp³-hybridized carbons (Fsp3) is 1.00. The second-order valence-corrected chi connectivity index (χ2v) is 17.9. The van der Waals surface area contributed by atoms with E-state index in [1.54, 1.807) is 0 Å². The lowest BCUT2D eigenvalue weighted by Gasteiger charge is -2.44. The molecular weight excluding hydrogens is 644 g/mol. The van der Waals surface area contributed by atoms with Crippen molar-refractivity contribution in [3.05, 3.63) is 0 Å². The molecule has 0 aliphatic heterocycles. The van der Waals surface area contributed by atoms with Gasteiger partial charge in [-0.3, -0.25) is 0 Å². The summed E-state index contributed by atoms with van der Waals surface area (Å²) in [5.74, 6) is 3.67. The standard InChI is InChI=1S/C38H78N2.2BrH/c1-31-21-19-27-37(5,6)35(31)25-23-33(3)39(9,10)29-17-15-13-14-16-18-30-40(11,12)34(4)24-26-36-32(2)22-20-28-38(36,7)8;;/h31-36H,13-30H2,1-12H3;2*1H/q+2;;/p-2. The summed E-state index contributed by atoms with van der Waals surface area (Å²) in [4.78, 5) is 0. The number of rotatable bonds is 17. The van der Waals surface area contributed by atoms with Crippen molar-refractivity contribution in [2.45, 2.75) is 170 Å². The molecule has 2 saturated carbocycles. The summed E-state index contributed by atoms with van der Waals surface area (Å²) >= 11 is 0. The van der Waals surface area contributed by atoms with Gasteiger partial charge in [0.15, 0.2) is 0 Å². The van der Waals surface area contributed by atoms with E-state index in [1.165, 1.54) is 125 Å². The minimum absolute atomic E-state index is 0. The first-order valence-corrected chi connectivity index (χ1v) is 18.1. The molecule has 0 amide bonds. The molecule has 6 unspecified atom stereocenters. The largest absolute Gasteiger partial charge is 1.00 e. The lowest BCUT2D eigenvalue weighted by molar-refractivity contribution is -0.913. The van der Waals surface area contributed by atoms with Gasteiger partial charge in [-0.25, -0.2) is 0 Å². The summed E-state index contributed by atoms with van der Waals surface area (Å²) in [7, 11) is 9.99. The average Bonchev–Trinajstić information content (AvgIpc) is 2.83. The molecule has 4 heteroatoms. The van der Waals surface area contributed by atoms with Crippen molar-refractivity contribution in [2.24, 2.45) is 34.5 Å². The SMILES string of the molecule is CC1CCCC(C)(C)C1CCC(C)[N+](C)(C)CCCCCCCC[N+](C)(C)C(C)CCC1C(C)CCCC1(C)C.[Br-].[Br-]. The van der Waals surface area contributed by atoms with Crippen LogP contribution in [0, 0.1) is 34.5 Å². The summed E-state index contributed by atoms with van der Waals surface area (Å²) in [5.41, 5.74) is 1.09. The van der Waals surface area contributed by atoms with Crippen LogP contribution >= 0.6 is 0 Å². The van der Waals surface area contributed by atoms with Gasteiger partial charge in [-0.15, -0.1) is 0 Å². The molecule has 0 spiro atoms. The molecule has 2 rings (SSSR count). The minimum atomic E-state index is 0. The number of quaternary nitrogens is 2. The van der Waals surface area contributed by atoms with Crippen LogP contribution in [0.15, 0.2) is 0 Å². The second kappa shape index (κ2) is 18.9. The van der Waals surface area contributed by atoms with Crippen LogP contribution in [0.2, 0.25) is 0 Å². The maximum absolute atomic E-state index is 2.54. The van der Waals surface area contributed by atoms with Crippen LogP contribution in [0.3, 0.4) is 0 Å². The molecule has 0 heterocycles. The Labute approximate surface area is 287 Å². The highest BCUT2D eigenvalue weighted by molar-refractivity contribution is 4.87. The van der Waals surface area contributed by atoms with Crippen LogP contribution in [0.1, 0.15) is 158 Å². The Morgan fingerprint density at radius 3 is 1.19 bits per heavy atom. The molecule has 0 radical (unpaired) electrons. The molecule has 0 saturated heterocycles. The van der Waals surface area contributed by atoms with E-state index < -0.39 is 0 Å². The highest BCUT2D eigenvalue weighted by Gasteiger charge is 2.38. The molecule has 0 N–H and O–H groups in total. The second-order valence-electron chi connectivity index (χ2n) is 17.9. The van der Waals surface area contributed by atoms with Crippen LogP contribution in [-0.4, -0.2) is 62.3 Å². The van der Waals surface area contributed by atoms with Crippen LogP contribution in [0.5, 0.6) is 0 Å². The number of halogens is 2. The molecule has 42 heavy (non-hydrogen) atoms. The molecule has 0 aromatic carbocycles. The van der Waals surface area contributed by atoms with E-state index in [4.69, 9.17) is 0 Å². The zero-order valence-electron chi connectivity index (χ0n) is 30.8. The quantitative estimate of drug-likeness (QED) is 0.150. The first-order valence-electron chi connectivity index (χ1n) is 18.1. The van der Waals surface area contributed by atoms with Crippen LogP contribution in [-0.2, 0) is 0 Å². The van der Waals surface area contributed by atoms with Gasteiger partial charge in [0, 0.05) is 0 Å². The van der Waals surface area contributed by atoms with E-state index in [-0.39, 0.29) is 34.0 Å². The number of hydrogen-bond acceptors (Lipinski definition) is 0. The zero-order chi connectivity index (χ0) is 30.2. The predicted molar refractivity (Wildman–Crippen MR) is 180 cm³/mol. The van der Waals surface area contributed by atoms with Gasteiger partial charge >= 0.3 is 0 Å². The summed E-state index contributed by atoms with van der Waals surface area (Å²) in [6.07, 6.45) is 22.8. The van der Waals surface area contributed by atoms with E-state index in [0.29, 0.717) is 10.8 Å². The topological polar surface area (TPSA) is 0 Å². The average molecular weight is 723 g/mol. The first-order chi connectivity index (χ1) is 18.5. The monoisotopic (exact) mass is 720 g/mol. The lowest BCUT2D eigenvalue weighted by Crippen LogP contribution is -3.00. The smallest absolute Gasteiger partial charge is 0.0857 e. The van der Waals surface area contributed by atoms with E-state index in [9.17, 15) is 0 Å². The molecular formula is C38H78Br2N2. The van der Waals surface area contributed by atoms with Crippen LogP contribution in [0.4, 0.5) is 0 Å². The third-order valence-electron chi connectivity index (χ3n) is 13.2. The molecule has 0 bridgehead atoms. The van der Waals surface area contributed by atoms with Gasteiger partial charge in [-0.2, -0.15) is 0 Å². The Bertz CT molecular complexity index is 656. The molecule has 0 aromatic rings. The Kier molecular flexibility index (Phi) is 19.3. The van der Waals surface area contributed by atoms with Crippen molar-refractivity contribution < 1.29 is 42.9 Å². The van der Waals surface area contributed by atoms with Crippen molar-refractivity contribution in [1.29, 1.82) is 0 Å². The molecule has 254 valence electrons. The maximum atomic E-state index is 2.54. The molecule has 2 nitrogen and oxygen atoms in total. The van der Waals surface area contributed by atoms with E-state index >= 15 is 0 Å². The Hall–Kier alpha value is 0.880. The van der Waals surface area contributed by atoms with Gasteiger partial charge in [-0.1, -0.05) is 80.1 Å². The summed E-state index contributed by atoms with van der Waals surface area (Å²) in [6.45, 7) is 23.0. The summed E-state index contributed by atoms with van der Waals surface area (Å²) < 4.78 is 2.42. The van der Waals surface area contributed by atoms with Gasteiger partial charge < -0.3 is 42.9 Å². The Balaban J connectivity index is 0.00000840. The van der Waals surface area contributed by atoms with E-state index in [0.717, 1.165) is 35.8 Å². The number of unbranched alkanes of at least 4 members (excludes halogenated alkanes) is 5. The van der Waals surface area contributed by atoms with Crippen molar-refractivity contribution in [3.8, 4) is 0 Å². The van der Waals surface area contributed by atoms with Gasteiger partial charge in [0.25, 0.3) is 0 Å². The minimum Gasteiger partial charge on any atom is -1.00 e. The van der Waals surface area contributed by atoms with Crippen molar-refractivity contribution in [1.82, 2.24) is 0 Å². The van der Waals surface area contributed by atoms with E-state index in [2.05, 4.69) is 83.6 Å². The Morgan fingerprint density at radius 1 is 0.571 bits per heavy atom. The van der Waals surface area contributed by atoms with Crippen molar-refractivity contribution in [3.63, 3.8) is 0 Å². The Morgan fingerprint density at radius 2 is 0.881 bits per heavy atom. The third kappa shape index (κ3) is 13.3. The third-order valence-corrected chi connectivity index (χ3v) is 13.2. The summed E-state index contributed by atoms with van der Waals surface area (Å²) in [6, 6.07) is 1.55. The summed E-state index contributed by atoms with van der Waals surface area (Å²) in [5, 5.41) is 0. The number of nitrogens with zero attached hydrogens (tertiary/aromatic N) is 2. The first kappa shape index (κ1) is 42.9. The van der Waals surface area contributed by atoms with E-state index in [1.807, 2.05) is 0 Å². The lowest BCUT2D eigenvalue weighted by atomic mass is 9.62. The molecule has 2 fully saturated rings. The fourth-order valence-electron chi connectivity index (χ4n) is 9.15. The maximum Gasteiger partial charge on any atom is 0.0857 e. The zero-order valence-corrected chi connectivity index (χ0v) is 34.0. The van der Waals surface area contributed by atoms with Gasteiger partial charge in [0.1, 0.15) is 0 Å². The highest BCUT2D eigenvalue weighted by atomic mass is 79.9. The van der Waals surface area contributed by atoms with Crippen LogP contribution < -0.4 is 34.0 Å².